The second-order valence-corrected chi connectivity index (χ2v) is 5.28. The first kappa shape index (κ1) is 17.6. The monoisotopic (exact) mass is 294 g/mol. The second kappa shape index (κ2) is 9.50. The molecule has 1 rings (SSSR count). The Morgan fingerprint density at radius 1 is 1.33 bits per heavy atom. The van der Waals surface area contributed by atoms with Crippen LogP contribution in [0.15, 0.2) is 24.3 Å². The predicted octanol–water partition coefficient (Wildman–Crippen LogP) is 1.96. The van der Waals surface area contributed by atoms with Crippen molar-refractivity contribution < 1.29 is 14.3 Å². The minimum absolute atomic E-state index is 0.188. The van der Waals surface area contributed by atoms with E-state index in [1.54, 1.807) is 7.11 Å². The van der Waals surface area contributed by atoms with Crippen molar-refractivity contribution in [1.29, 1.82) is 0 Å². The lowest BCUT2D eigenvalue weighted by Crippen LogP contribution is -2.37. The molecule has 1 unspecified atom stereocenters. The summed E-state index contributed by atoms with van der Waals surface area (Å²) in [6.45, 7) is 7.52. The van der Waals surface area contributed by atoms with Crippen molar-refractivity contribution in [2.24, 2.45) is 0 Å². The third kappa shape index (κ3) is 7.22. The molecular weight excluding hydrogens is 268 g/mol. The molecule has 0 aliphatic carbocycles. The molecule has 21 heavy (non-hydrogen) atoms. The molecular formula is C16H26N2O3. The van der Waals surface area contributed by atoms with E-state index in [-0.39, 0.29) is 12.5 Å². The van der Waals surface area contributed by atoms with Crippen LogP contribution in [0.5, 0.6) is 0 Å². The zero-order valence-corrected chi connectivity index (χ0v) is 13.3. The van der Waals surface area contributed by atoms with Gasteiger partial charge in [-0.1, -0.05) is 26.0 Å². The number of hydrogen-bond donors (Lipinski definition) is 2. The van der Waals surface area contributed by atoms with Crippen LogP contribution in [0.1, 0.15) is 19.4 Å². The summed E-state index contributed by atoms with van der Waals surface area (Å²) in [4.78, 5) is 12.2. The van der Waals surface area contributed by atoms with Crippen LogP contribution in [0.2, 0.25) is 0 Å². The number of amides is 1. The highest BCUT2D eigenvalue weighted by atomic mass is 16.5. The topological polar surface area (TPSA) is 59.6 Å². The fourth-order valence-electron chi connectivity index (χ4n) is 1.85. The number of ether oxygens (including phenoxy) is 2. The molecule has 0 radical (unpaired) electrons. The van der Waals surface area contributed by atoms with Crippen molar-refractivity contribution in [2.75, 3.05) is 32.2 Å². The van der Waals surface area contributed by atoms with Gasteiger partial charge in [0.1, 0.15) is 0 Å². The lowest BCUT2D eigenvalue weighted by atomic mass is 10.2. The zero-order valence-electron chi connectivity index (χ0n) is 13.3. The zero-order chi connectivity index (χ0) is 15.7. The summed E-state index contributed by atoms with van der Waals surface area (Å²) in [5.74, 6) is -0.188. The molecule has 0 fully saturated rings. The van der Waals surface area contributed by atoms with Crippen LogP contribution in [-0.2, 0) is 14.3 Å². The molecule has 1 aromatic rings. The fourth-order valence-corrected chi connectivity index (χ4v) is 1.85. The first-order chi connectivity index (χ1) is 10.0. The first-order valence-electron chi connectivity index (χ1n) is 7.24. The van der Waals surface area contributed by atoms with Crippen molar-refractivity contribution in [2.45, 2.75) is 32.9 Å². The lowest BCUT2D eigenvalue weighted by Gasteiger charge is -2.18. The summed E-state index contributed by atoms with van der Waals surface area (Å²) in [5, 5.41) is 6.09. The van der Waals surface area contributed by atoms with E-state index < -0.39 is 6.10 Å². The molecule has 0 aromatic heterocycles. The molecule has 0 aliphatic heterocycles. The molecule has 118 valence electrons. The van der Waals surface area contributed by atoms with Crippen LogP contribution in [0, 0.1) is 6.92 Å². The highest BCUT2D eigenvalue weighted by Crippen LogP contribution is 2.10. The van der Waals surface area contributed by atoms with Gasteiger partial charge in [0.05, 0.1) is 13.2 Å². The Morgan fingerprint density at radius 2 is 2.10 bits per heavy atom. The molecule has 5 nitrogen and oxygen atoms in total. The Kier molecular flexibility index (Phi) is 7.97. The molecule has 5 heteroatoms. The lowest BCUT2D eigenvalue weighted by molar-refractivity contribution is -0.130. The van der Waals surface area contributed by atoms with Gasteiger partial charge in [0.25, 0.3) is 5.91 Å². The molecule has 0 saturated heterocycles. The van der Waals surface area contributed by atoms with E-state index in [2.05, 4.69) is 24.5 Å². The first-order valence-corrected chi connectivity index (χ1v) is 7.24. The standard InChI is InChI=1S/C16H26N2O3/c1-12(2)17-8-9-21-15(11-20-4)16(19)18-14-7-5-6-13(3)10-14/h5-7,10,12,15,17H,8-9,11H2,1-4H3,(H,18,19). The summed E-state index contributed by atoms with van der Waals surface area (Å²) < 4.78 is 10.7. The highest BCUT2D eigenvalue weighted by Gasteiger charge is 2.19. The number of nitrogens with one attached hydrogen (secondary N) is 2. The quantitative estimate of drug-likeness (QED) is 0.684. The number of carbonyl (C=O) groups excluding carboxylic acids is 1. The van der Waals surface area contributed by atoms with Crippen LogP contribution < -0.4 is 10.6 Å². The number of benzene rings is 1. The van der Waals surface area contributed by atoms with Crippen LogP contribution in [-0.4, -0.2) is 44.9 Å². The van der Waals surface area contributed by atoms with Gasteiger partial charge in [-0.05, 0) is 24.6 Å². The van der Waals surface area contributed by atoms with Crippen molar-refractivity contribution in [1.82, 2.24) is 5.32 Å². The van der Waals surface area contributed by atoms with Gasteiger partial charge < -0.3 is 20.1 Å². The average molecular weight is 294 g/mol. The minimum Gasteiger partial charge on any atom is -0.381 e. The van der Waals surface area contributed by atoms with Gasteiger partial charge in [0.2, 0.25) is 0 Å². The number of anilines is 1. The van der Waals surface area contributed by atoms with Gasteiger partial charge in [0.15, 0.2) is 6.10 Å². The largest absolute Gasteiger partial charge is 0.381 e. The van der Waals surface area contributed by atoms with E-state index >= 15 is 0 Å². The van der Waals surface area contributed by atoms with Gasteiger partial charge in [0, 0.05) is 25.4 Å². The third-order valence-electron chi connectivity index (χ3n) is 2.87. The fraction of sp³-hybridized carbons (Fsp3) is 0.562. The molecule has 0 saturated carbocycles. The van der Waals surface area contributed by atoms with Crippen LogP contribution in [0.3, 0.4) is 0 Å². The number of methoxy groups -OCH3 is 1. The molecule has 0 aliphatic rings. The van der Waals surface area contributed by atoms with Crippen LogP contribution >= 0.6 is 0 Å². The molecule has 0 bridgehead atoms. The normalized spacial score (nSPS) is 12.4. The average Bonchev–Trinajstić information content (AvgIpc) is 2.42. The molecule has 0 heterocycles. The molecule has 1 aromatic carbocycles. The Bertz CT molecular complexity index is 435. The third-order valence-corrected chi connectivity index (χ3v) is 2.87. The van der Waals surface area contributed by atoms with Crippen molar-refractivity contribution >= 4 is 11.6 Å². The molecule has 0 spiro atoms. The summed E-state index contributed by atoms with van der Waals surface area (Å²) in [5.41, 5.74) is 1.86. The number of carbonyl (C=O) groups is 1. The molecule has 1 amide bonds. The summed E-state index contributed by atoms with van der Waals surface area (Å²) >= 11 is 0. The van der Waals surface area contributed by atoms with Gasteiger partial charge in [-0.25, -0.2) is 0 Å². The van der Waals surface area contributed by atoms with E-state index in [0.717, 1.165) is 11.3 Å². The summed E-state index contributed by atoms with van der Waals surface area (Å²) in [7, 11) is 1.56. The van der Waals surface area contributed by atoms with E-state index in [0.29, 0.717) is 19.2 Å². The Labute approximate surface area is 127 Å². The summed E-state index contributed by atoms with van der Waals surface area (Å²) in [6.07, 6.45) is -0.607. The van der Waals surface area contributed by atoms with Gasteiger partial charge in [-0.2, -0.15) is 0 Å². The van der Waals surface area contributed by atoms with E-state index in [1.165, 1.54) is 0 Å². The van der Waals surface area contributed by atoms with E-state index in [1.807, 2.05) is 31.2 Å². The number of rotatable bonds is 9. The Balaban J connectivity index is 2.48. The van der Waals surface area contributed by atoms with Crippen LogP contribution in [0.4, 0.5) is 5.69 Å². The SMILES string of the molecule is COCC(OCCNC(C)C)C(=O)Nc1cccc(C)c1. The maximum Gasteiger partial charge on any atom is 0.255 e. The van der Waals surface area contributed by atoms with Crippen molar-refractivity contribution in [3.05, 3.63) is 29.8 Å². The van der Waals surface area contributed by atoms with Gasteiger partial charge in [-0.15, -0.1) is 0 Å². The maximum absolute atomic E-state index is 12.2. The highest BCUT2D eigenvalue weighted by molar-refractivity contribution is 5.94. The maximum atomic E-state index is 12.2. The predicted molar refractivity (Wildman–Crippen MR) is 84.6 cm³/mol. The van der Waals surface area contributed by atoms with Gasteiger partial charge in [-0.3, -0.25) is 4.79 Å². The van der Waals surface area contributed by atoms with E-state index in [4.69, 9.17) is 9.47 Å². The number of hydrogen-bond acceptors (Lipinski definition) is 4. The molecule has 1 atom stereocenters. The van der Waals surface area contributed by atoms with Crippen molar-refractivity contribution in [3.63, 3.8) is 0 Å². The second-order valence-electron chi connectivity index (χ2n) is 5.28. The van der Waals surface area contributed by atoms with Crippen LogP contribution in [0.25, 0.3) is 0 Å². The Hall–Kier alpha value is -1.43. The van der Waals surface area contributed by atoms with Crippen molar-refractivity contribution in [3.8, 4) is 0 Å². The minimum atomic E-state index is -0.607. The Morgan fingerprint density at radius 3 is 2.71 bits per heavy atom. The smallest absolute Gasteiger partial charge is 0.255 e. The van der Waals surface area contributed by atoms with E-state index in [9.17, 15) is 4.79 Å². The number of aryl methyl sites for hydroxylation is 1. The molecule has 2 N–H and O–H groups in total. The summed E-state index contributed by atoms with van der Waals surface area (Å²) in [6, 6.07) is 8.06. The van der Waals surface area contributed by atoms with Gasteiger partial charge >= 0.3 is 0 Å².